The lowest BCUT2D eigenvalue weighted by Gasteiger charge is -2.35. The zero-order valence-corrected chi connectivity index (χ0v) is 13.8. The highest BCUT2D eigenvalue weighted by molar-refractivity contribution is 7.15. The van der Waals surface area contributed by atoms with Crippen LogP contribution in [0.2, 0.25) is 0 Å². The first-order chi connectivity index (χ1) is 9.50. The molecular formula is C16H27N3S. The molecule has 0 bridgehead atoms. The molecule has 0 radical (unpaired) electrons. The number of aromatic nitrogens is 1. The Labute approximate surface area is 126 Å². The molecule has 1 aliphatic carbocycles. The van der Waals surface area contributed by atoms with Gasteiger partial charge < -0.3 is 10.6 Å². The number of fused-ring (bicyclic) bond motifs is 1. The van der Waals surface area contributed by atoms with Crippen LogP contribution in [0.25, 0.3) is 0 Å². The van der Waals surface area contributed by atoms with Crippen molar-refractivity contribution >= 4 is 16.5 Å². The van der Waals surface area contributed by atoms with Gasteiger partial charge in [0.1, 0.15) is 0 Å². The zero-order chi connectivity index (χ0) is 14.3. The first kappa shape index (κ1) is 14.3. The number of piperidine rings is 1. The summed E-state index contributed by atoms with van der Waals surface area (Å²) in [5.41, 5.74) is 7.95. The number of hydrogen-bond acceptors (Lipinski definition) is 4. The SMILES string of the molecule is CCC1CCCCN1c1nc2c(s1)C(N)CC(C)(C)C2. The van der Waals surface area contributed by atoms with Gasteiger partial charge >= 0.3 is 0 Å². The fraction of sp³-hybridized carbons (Fsp3) is 0.812. The molecule has 1 saturated heterocycles. The van der Waals surface area contributed by atoms with Gasteiger partial charge in [-0.15, -0.1) is 0 Å². The summed E-state index contributed by atoms with van der Waals surface area (Å²) in [5.74, 6) is 0. The summed E-state index contributed by atoms with van der Waals surface area (Å²) in [4.78, 5) is 8.88. The number of rotatable bonds is 2. The van der Waals surface area contributed by atoms with E-state index in [1.54, 1.807) is 0 Å². The summed E-state index contributed by atoms with van der Waals surface area (Å²) >= 11 is 1.86. The van der Waals surface area contributed by atoms with Crippen molar-refractivity contribution in [2.45, 2.75) is 71.4 Å². The zero-order valence-electron chi connectivity index (χ0n) is 13.0. The Morgan fingerprint density at radius 3 is 2.95 bits per heavy atom. The average molecular weight is 293 g/mol. The molecule has 4 heteroatoms. The van der Waals surface area contributed by atoms with Gasteiger partial charge in [0.25, 0.3) is 0 Å². The normalized spacial score (nSPS) is 29.3. The molecular weight excluding hydrogens is 266 g/mol. The number of hydrogen-bond donors (Lipinski definition) is 1. The first-order valence-electron chi connectivity index (χ1n) is 8.02. The standard InChI is InChI=1S/C16H27N3S/c1-4-11-7-5-6-8-19(11)15-18-13-10-16(2,3)9-12(17)14(13)20-15/h11-12H,4-10,17H2,1-3H3. The smallest absolute Gasteiger partial charge is 0.186 e. The molecule has 2 atom stereocenters. The van der Waals surface area contributed by atoms with Crippen molar-refractivity contribution in [2.75, 3.05) is 11.4 Å². The Bertz CT molecular complexity index is 480. The molecule has 0 aromatic carbocycles. The van der Waals surface area contributed by atoms with Gasteiger partial charge in [-0.05, 0) is 43.9 Å². The average Bonchev–Trinajstić information content (AvgIpc) is 2.81. The van der Waals surface area contributed by atoms with Gasteiger partial charge in [0.2, 0.25) is 0 Å². The minimum absolute atomic E-state index is 0.185. The van der Waals surface area contributed by atoms with Gasteiger partial charge in [0.15, 0.2) is 5.13 Å². The lowest BCUT2D eigenvalue weighted by Crippen LogP contribution is -2.39. The van der Waals surface area contributed by atoms with E-state index in [9.17, 15) is 0 Å². The summed E-state index contributed by atoms with van der Waals surface area (Å²) in [6.07, 6.45) is 7.38. The molecule has 20 heavy (non-hydrogen) atoms. The van der Waals surface area contributed by atoms with E-state index < -0.39 is 0 Å². The van der Waals surface area contributed by atoms with Gasteiger partial charge in [0, 0.05) is 23.5 Å². The van der Waals surface area contributed by atoms with Crippen LogP contribution in [0.4, 0.5) is 5.13 Å². The van der Waals surface area contributed by atoms with Crippen LogP contribution in [0.15, 0.2) is 0 Å². The minimum atomic E-state index is 0.185. The molecule has 2 N–H and O–H groups in total. The van der Waals surface area contributed by atoms with Crippen molar-refractivity contribution < 1.29 is 0 Å². The summed E-state index contributed by atoms with van der Waals surface area (Å²) < 4.78 is 0. The number of nitrogens with two attached hydrogens (primary N) is 1. The quantitative estimate of drug-likeness (QED) is 0.899. The highest BCUT2D eigenvalue weighted by Gasteiger charge is 2.34. The van der Waals surface area contributed by atoms with E-state index in [0.29, 0.717) is 11.5 Å². The molecule has 3 rings (SSSR count). The third kappa shape index (κ3) is 2.60. The van der Waals surface area contributed by atoms with Crippen molar-refractivity contribution in [3.05, 3.63) is 10.6 Å². The van der Waals surface area contributed by atoms with E-state index in [-0.39, 0.29) is 6.04 Å². The van der Waals surface area contributed by atoms with Crippen molar-refractivity contribution in [3.63, 3.8) is 0 Å². The summed E-state index contributed by atoms with van der Waals surface area (Å²) in [5, 5.41) is 1.23. The highest BCUT2D eigenvalue weighted by atomic mass is 32.1. The molecule has 1 aromatic heterocycles. The number of anilines is 1. The lowest BCUT2D eigenvalue weighted by atomic mass is 9.77. The molecule has 2 unspecified atom stereocenters. The Morgan fingerprint density at radius 2 is 2.20 bits per heavy atom. The molecule has 2 aliphatic rings. The van der Waals surface area contributed by atoms with Gasteiger partial charge in [0.05, 0.1) is 5.69 Å². The van der Waals surface area contributed by atoms with Crippen molar-refractivity contribution in [2.24, 2.45) is 11.1 Å². The maximum absolute atomic E-state index is 6.38. The Morgan fingerprint density at radius 1 is 1.40 bits per heavy atom. The molecule has 1 fully saturated rings. The fourth-order valence-electron chi connectivity index (χ4n) is 3.78. The molecule has 2 heterocycles. The molecule has 1 aromatic rings. The molecule has 0 saturated carbocycles. The maximum atomic E-state index is 6.38. The van der Waals surface area contributed by atoms with Crippen LogP contribution >= 0.6 is 11.3 Å². The van der Waals surface area contributed by atoms with Crippen LogP contribution in [0.3, 0.4) is 0 Å². The van der Waals surface area contributed by atoms with E-state index in [4.69, 9.17) is 10.7 Å². The van der Waals surface area contributed by atoms with Crippen LogP contribution in [-0.2, 0) is 6.42 Å². The monoisotopic (exact) mass is 293 g/mol. The van der Waals surface area contributed by atoms with E-state index in [1.807, 2.05) is 11.3 Å². The molecule has 3 nitrogen and oxygen atoms in total. The Kier molecular flexibility index (Phi) is 3.80. The van der Waals surface area contributed by atoms with Gasteiger partial charge in [-0.2, -0.15) is 0 Å². The minimum Gasteiger partial charge on any atom is -0.345 e. The Hall–Kier alpha value is -0.610. The summed E-state index contributed by atoms with van der Waals surface area (Å²) in [6, 6.07) is 0.866. The van der Waals surface area contributed by atoms with E-state index >= 15 is 0 Å². The second-order valence-electron chi connectivity index (χ2n) is 7.21. The van der Waals surface area contributed by atoms with E-state index in [2.05, 4.69) is 25.7 Å². The predicted octanol–water partition coefficient (Wildman–Crippen LogP) is 3.88. The summed E-state index contributed by atoms with van der Waals surface area (Å²) in [7, 11) is 0. The van der Waals surface area contributed by atoms with Gasteiger partial charge in [-0.25, -0.2) is 4.98 Å². The largest absolute Gasteiger partial charge is 0.345 e. The van der Waals surface area contributed by atoms with Crippen molar-refractivity contribution in [1.29, 1.82) is 0 Å². The molecule has 0 amide bonds. The lowest BCUT2D eigenvalue weighted by molar-refractivity contribution is 0.282. The van der Waals surface area contributed by atoms with Gasteiger partial charge in [-0.3, -0.25) is 0 Å². The van der Waals surface area contributed by atoms with E-state index in [0.717, 1.165) is 12.8 Å². The molecule has 112 valence electrons. The third-order valence-electron chi connectivity index (χ3n) is 4.82. The fourth-order valence-corrected chi connectivity index (χ4v) is 4.96. The van der Waals surface area contributed by atoms with Gasteiger partial charge in [-0.1, -0.05) is 32.1 Å². The van der Waals surface area contributed by atoms with Crippen molar-refractivity contribution in [3.8, 4) is 0 Å². The van der Waals surface area contributed by atoms with Crippen LogP contribution in [0.1, 0.15) is 69.5 Å². The van der Waals surface area contributed by atoms with Crippen LogP contribution in [-0.4, -0.2) is 17.6 Å². The number of thiazole rings is 1. The van der Waals surface area contributed by atoms with Crippen LogP contribution in [0.5, 0.6) is 0 Å². The topological polar surface area (TPSA) is 42.2 Å². The third-order valence-corrected chi connectivity index (χ3v) is 6.08. The van der Waals surface area contributed by atoms with E-state index in [1.165, 1.54) is 47.9 Å². The second kappa shape index (κ2) is 5.30. The highest BCUT2D eigenvalue weighted by Crippen LogP contribution is 2.44. The van der Waals surface area contributed by atoms with Crippen LogP contribution < -0.4 is 10.6 Å². The molecule has 1 aliphatic heterocycles. The number of nitrogens with zero attached hydrogens (tertiary/aromatic N) is 2. The first-order valence-corrected chi connectivity index (χ1v) is 8.83. The molecule has 0 spiro atoms. The van der Waals surface area contributed by atoms with Crippen LogP contribution in [0, 0.1) is 5.41 Å². The summed E-state index contributed by atoms with van der Waals surface area (Å²) in [6.45, 7) is 8.09. The second-order valence-corrected chi connectivity index (χ2v) is 8.22. The predicted molar refractivity (Wildman–Crippen MR) is 86.4 cm³/mol. The van der Waals surface area contributed by atoms with Crippen molar-refractivity contribution in [1.82, 2.24) is 4.98 Å². The Balaban J connectivity index is 1.89. The maximum Gasteiger partial charge on any atom is 0.186 e.